The number of carboxylic acids is 1. The Morgan fingerprint density at radius 2 is 1.76 bits per heavy atom. The zero-order valence-corrected chi connectivity index (χ0v) is 17.2. The predicted octanol–water partition coefficient (Wildman–Crippen LogP) is 3.99. The van der Waals surface area contributed by atoms with Crippen LogP contribution in [0.2, 0.25) is 0 Å². The van der Waals surface area contributed by atoms with Gasteiger partial charge < -0.3 is 16.2 Å². The Bertz CT molecular complexity index is 975. The van der Waals surface area contributed by atoms with Crippen molar-refractivity contribution in [3.8, 4) is 11.1 Å². The van der Waals surface area contributed by atoms with E-state index < -0.39 is 29.6 Å². The fraction of sp³-hybridized carbons (Fsp3) is 0.318. The number of thiophene rings is 1. The van der Waals surface area contributed by atoms with E-state index >= 15 is 0 Å². The monoisotopic (exact) mass is 412 g/mol. The summed E-state index contributed by atoms with van der Waals surface area (Å²) in [4.78, 5) is 37.5. The fourth-order valence-corrected chi connectivity index (χ4v) is 4.79. The third-order valence-electron chi connectivity index (χ3n) is 5.30. The molecule has 1 aliphatic carbocycles. The summed E-state index contributed by atoms with van der Waals surface area (Å²) in [6, 6.07) is 7.89. The number of rotatable bonds is 6. The van der Waals surface area contributed by atoms with Crippen LogP contribution in [-0.2, 0) is 16.0 Å². The Balaban J connectivity index is 1.95. The molecule has 2 aromatic rings. The van der Waals surface area contributed by atoms with Crippen molar-refractivity contribution in [1.29, 1.82) is 0 Å². The summed E-state index contributed by atoms with van der Waals surface area (Å²) in [5.74, 6) is -3.49. The standard InChI is InChI=1S/C22H24N2O4S/c1-3-13-8-10-14(11-9-13)17-12(2)29-21(18(17)19(23)25)24-20(26)15-6-4-5-7-16(15)22(27)28/h4-5,8-11,15-16H,3,6-7H2,1-2H3,(H2,23,25)(H,24,26)(H,27,28)/t15-,16-/m0/s1. The van der Waals surface area contributed by atoms with E-state index in [1.54, 1.807) is 6.08 Å². The van der Waals surface area contributed by atoms with Crippen molar-refractivity contribution in [2.45, 2.75) is 33.1 Å². The first kappa shape index (κ1) is 20.8. The molecular formula is C22H24N2O4S. The fourth-order valence-electron chi connectivity index (χ4n) is 3.70. The Morgan fingerprint density at radius 1 is 1.14 bits per heavy atom. The van der Waals surface area contributed by atoms with Crippen LogP contribution in [0, 0.1) is 18.8 Å². The van der Waals surface area contributed by atoms with Gasteiger partial charge in [0, 0.05) is 10.4 Å². The number of allylic oxidation sites excluding steroid dienone is 2. The minimum absolute atomic E-state index is 0.267. The van der Waals surface area contributed by atoms with E-state index in [1.807, 2.05) is 37.3 Å². The highest BCUT2D eigenvalue weighted by Crippen LogP contribution is 2.40. The molecule has 0 radical (unpaired) electrons. The molecule has 3 rings (SSSR count). The number of aryl methyl sites for hydroxylation is 2. The van der Waals surface area contributed by atoms with E-state index in [2.05, 4.69) is 12.2 Å². The molecule has 0 spiro atoms. The number of amides is 2. The maximum Gasteiger partial charge on any atom is 0.307 e. The van der Waals surface area contributed by atoms with E-state index in [9.17, 15) is 19.5 Å². The average molecular weight is 413 g/mol. The molecule has 1 heterocycles. The predicted molar refractivity (Wildman–Crippen MR) is 114 cm³/mol. The Labute approximate surface area is 173 Å². The van der Waals surface area contributed by atoms with E-state index in [4.69, 9.17) is 5.73 Å². The lowest BCUT2D eigenvalue weighted by molar-refractivity contribution is -0.146. The topological polar surface area (TPSA) is 109 Å². The normalized spacial score (nSPS) is 18.4. The number of carbonyl (C=O) groups excluding carboxylic acids is 2. The summed E-state index contributed by atoms with van der Waals surface area (Å²) in [5.41, 5.74) is 8.67. The van der Waals surface area contributed by atoms with Crippen LogP contribution in [0.25, 0.3) is 11.1 Å². The summed E-state index contributed by atoms with van der Waals surface area (Å²) in [5, 5.41) is 12.6. The van der Waals surface area contributed by atoms with Gasteiger partial charge in [-0.2, -0.15) is 0 Å². The second-order valence-electron chi connectivity index (χ2n) is 7.14. The van der Waals surface area contributed by atoms with Crippen molar-refractivity contribution in [3.05, 3.63) is 52.4 Å². The van der Waals surface area contributed by atoms with Crippen LogP contribution in [0.1, 0.15) is 40.6 Å². The number of aliphatic carboxylic acids is 1. The summed E-state index contributed by atoms with van der Waals surface area (Å²) < 4.78 is 0. The number of hydrogen-bond donors (Lipinski definition) is 3. The van der Waals surface area contributed by atoms with Gasteiger partial charge in [0.05, 0.1) is 17.4 Å². The molecule has 1 aromatic heterocycles. The van der Waals surface area contributed by atoms with Gasteiger partial charge in [-0.05, 0) is 37.3 Å². The summed E-state index contributed by atoms with van der Waals surface area (Å²) in [6.07, 6.45) is 5.18. The van der Waals surface area contributed by atoms with Gasteiger partial charge in [-0.15, -0.1) is 11.3 Å². The molecule has 2 amide bonds. The zero-order chi connectivity index (χ0) is 21.1. The van der Waals surface area contributed by atoms with Gasteiger partial charge in [0.2, 0.25) is 5.91 Å². The zero-order valence-electron chi connectivity index (χ0n) is 16.4. The number of carbonyl (C=O) groups is 3. The van der Waals surface area contributed by atoms with Gasteiger partial charge in [-0.25, -0.2) is 0 Å². The SMILES string of the molecule is CCc1ccc(-c2c(C)sc(NC(=O)[C@H]3CC=CC[C@@H]3C(=O)O)c2C(N)=O)cc1. The second kappa shape index (κ2) is 8.61. The van der Waals surface area contributed by atoms with Crippen molar-refractivity contribution in [3.63, 3.8) is 0 Å². The van der Waals surface area contributed by atoms with Gasteiger partial charge in [-0.3, -0.25) is 14.4 Å². The lowest BCUT2D eigenvalue weighted by atomic mass is 9.82. The van der Waals surface area contributed by atoms with Crippen LogP contribution in [0.15, 0.2) is 36.4 Å². The van der Waals surface area contributed by atoms with Crippen LogP contribution < -0.4 is 11.1 Å². The Hall–Kier alpha value is -2.93. The first-order valence-electron chi connectivity index (χ1n) is 9.54. The summed E-state index contributed by atoms with van der Waals surface area (Å²) in [6.45, 7) is 3.94. The number of benzene rings is 1. The molecule has 2 atom stereocenters. The largest absolute Gasteiger partial charge is 0.481 e. The third kappa shape index (κ3) is 4.24. The van der Waals surface area contributed by atoms with E-state index in [0.717, 1.165) is 16.9 Å². The van der Waals surface area contributed by atoms with Crippen LogP contribution in [-0.4, -0.2) is 22.9 Å². The van der Waals surface area contributed by atoms with Crippen LogP contribution in [0.5, 0.6) is 0 Å². The number of nitrogens with two attached hydrogens (primary N) is 1. The molecule has 1 aliphatic rings. The number of primary amides is 1. The lowest BCUT2D eigenvalue weighted by Crippen LogP contribution is -2.35. The lowest BCUT2D eigenvalue weighted by Gasteiger charge is -2.24. The number of nitrogens with one attached hydrogen (secondary N) is 1. The highest BCUT2D eigenvalue weighted by molar-refractivity contribution is 7.17. The van der Waals surface area contributed by atoms with Crippen molar-refractivity contribution in [1.82, 2.24) is 0 Å². The second-order valence-corrected chi connectivity index (χ2v) is 8.36. The van der Waals surface area contributed by atoms with Crippen molar-refractivity contribution >= 4 is 34.1 Å². The van der Waals surface area contributed by atoms with Gasteiger partial charge >= 0.3 is 5.97 Å². The highest BCUT2D eigenvalue weighted by Gasteiger charge is 2.35. The average Bonchev–Trinajstić information content (AvgIpc) is 3.03. The molecule has 0 bridgehead atoms. The number of hydrogen-bond acceptors (Lipinski definition) is 4. The molecule has 152 valence electrons. The van der Waals surface area contributed by atoms with Crippen molar-refractivity contribution < 1.29 is 19.5 Å². The van der Waals surface area contributed by atoms with Crippen molar-refractivity contribution in [2.75, 3.05) is 5.32 Å². The maximum atomic E-state index is 12.8. The van der Waals surface area contributed by atoms with E-state index in [1.165, 1.54) is 16.9 Å². The molecule has 0 saturated carbocycles. The first-order valence-corrected chi connectivity index (χ1v) is 10.4. The van der Waals surface area contributed by atoms with Crippen LogP contribution in [0.4, 0.5) is 5.00 Å². The quantitative estimate of drug-likeness (QED) is 0.623. The number of carboxylic acid groups (broad SMARTS) is 1. The molecule has 0 saturated heterocycles. The number of anilines is 1. The van der Waals surface area contributed by atoms with Gasteiger partial charge in [-0.1, -0.05) is 43.3 Å². The Kier molecular flexibility index (Phi) is 6.17. The maximum absolute atomic E-state index is 12.8. The summed E-state index contributed by atoms with van der Waals surface area (Å²) in [7, 11) is 0. The molecule has 0 aliphatic heterocycles. The van der Waals surface area contributed by atoms with Gasteiger partial charge in [0.15, 0.2) is 0 Å². The first-order chi connectivity index (χ1) is 13.8. The minimum atomic E-state index is -0.997. The molecule has 7 heteroatoms. The molecule has 0 unspecified atom stereocenters. The summed E-state index contributed by atoms with van der Waals surface area (Å²) >= 11 is 1.28. The Morgan fingerprint density at radius 3 is 2.31 bits per heavy atom. The smallest absolute Gasteiger partial charge is 0.307 e. The molecule has 0 fully saturated rings. The molecule has 1 aromatic carbocycles. The van der Waals surface area contributed by atoms with E-state index in [0.29, 0.717) is 23.4 Å². The van der Waals surface area contributed by atoms with Crippen LogP contribution in [0.3, 0.4) is 0 Å². The van der Waals surface area contributed by atoms with Gasteiger partial charge in [0.25, 0.3) is 5.91 Å². The molecule has 4 N–H and O–H groups in total. The molecule has 29 heavy (non-hydrogen) atoms. The molecule has 6 nitrogen and oxygen atoms in total. The van der Waals surface area contributed by atoms with Crippen LogP contribution >= 0.6 is 11.3 Å². The third-order valence-corrected chi connectivity index (χ3v) is 6.33. The van der Waals surface area contributed by atoms with Gasteiger partial charge in [0.1, 0.15) is 5.00 Å². The molecular weight excluding hydrogens is 388 g/mol. The van der Waals surface area contributed by atoms with Crippen molar-refractivity contribution in [2.24, 2.45) is 17.6 Å². The van der Waals surface area contributed by atoms with E-state index in [-0.39, 0.29) is 5.56 Å². The minimum Gasteiger partial charge on any atom is -0.481 e. The highest BCUT2D eigenvalue weighted by atomic mass is 32.1.